The summed E-state index contributed by atoms with van der Waals surface area (Å²) in [6, 6.07) is 10.3. The molecule has 0 N–H and O–H groups in total. The number of fused-ring (bicyclic) bond motifs is 1. The SMILES string of the molecule is O=C(OCC(=O)N1CCC[C@H](c2nc3ccccc3s2)C1)c1cc(F)cc(F)c1. The molecule has 1 atom stereocenters. The number of piperidine rings is 1. The second kappa shape index (κ2) is 8.24. The van der Waals surface area contributed by atoms with Gasteiger partial charge in [0.05, 0.1) is 20.8 Å². The number of hydrogen-bond donors (Lipinski definition) is 0. The fourth-order valence-corrected chi connectivity index (χ4v) is 4.54. The zero-order valence-electron chi connectivity index (χ0n) is 15.4. The van der Waals surface area contributed by atoms with Gasteiger partial charge in [0.15, 0.2) is 6.61 Å². The molecule has 0 bridgehead atoms. The molecule has 0 aliphatic carbocycles. The van der Waals surface area contributed by atoms with Crippen LogP contribution in [0.1, 0.15) is 34.1 Å². The number of para-hydroxylation sites is 1. The molecule has 3 aromatic rings. The van der Waals surface area contributed by atoms with Crippen molar-refractivity contribution in [3.05, 3.63) is 64.7 Å². The minimum atomic E-state index is -0.934. The molecule has 8 heteroatoms. The molecule has 1 amide bonds. The highest BCUT2D eigenvalue weighted by Crippen LogP contribution is 2.32. The fraction of sp³-hybridized carbons (Fsp3) is 0.286. The summed E-state index contributed by atoms with van der Waals surface area (Å²) in [6.07, 6.45) is 1.77. The lowest BCUT2D eigenvalue weighted by Gasteiger charge is -2.31. The summed E-state index contributed by atoms with van der Waals surface area (Å²) in [5.41, 5.74) is 0.688. The Morgan fingerprint density at radius 2 is 1.93 bits per heavy atom. The molecular formula is C21H18F2N2O3S. The number of carbonyl (C=O) groups excluding carboxylic acids is 2. The van der Waals surface area contributed by atoms with Crippen LogP contribution in [-0.4, -0.2) is 41.5 Å². The van der Waals surface area contributed by atoms with E-state index in [-0.39, 0.29) is 17.4 Å². The molecule has 1 aliphatic rings. The third-order valence-electron chi connectivity index (χ3n) is 4.86. The second-order valence-electron chi connectivity index (χ2n) is 6.93. The molecule has 0 unspecified atom stereocenters. The van der Waals surface area contributed by atoms with E-state index < -0.39 is 24.2 Å². The van der Waals surface area contributed by atoms with Gasteiger partial charge in [0.2, 0.25) is 0 Å². The van der Waals surface area contributed by atoms with Gasteiger partial charge in [-0.25, -0.2) is 18.6 Å². The number of likely N-dealkylation sites (tertiary alicyclic amines) is 1. The number of hydrogen-bond acceptors (Lipinski definition) is 5. The van der Waals surface area contributed by atoms with Crippen LogP contribution in [0.3, 0.4) is 0 Å². The number of halogens is 2. The molecule has 5 nitrogen and oxygen atoms in total. The molecule has 150 valence electrons. The zero-order chi connectivity index (χ0) is 20.4. The van der Waals surface area contributed by atoms with Crippen molar-refractivity contribution in [2.75, 3.05) is 19.7 Å². The third-order valence-corrected chi connectivity index (χ3v) is 6.06. The number of carbonyl (C=O) groups is 2. The Morgan fingerprint density at radius 3 is 2.69 bits per heavy atom. The number of benzene rings is 2. The Balaban J connectivity index is 1.37. The van der Waals surface area contributed by atoms with Crippen LogP contribution in [-0.2, 0) is 9.53 Å². The molecule has 2 aromatic carbocycles. The number of ether oxygens (including phenoxy) is 1. The molecule has 4 rings (SSSR count). The molecule has 29 heavy (non-hydrogen) atoms. The van der Waals surface area contributed by atoms with Crippen LogP contribution in [0, 0.1) is 11.6 Å². The average molecular weight is 416 g/mol. The van der Waals surface area contributed by atoms with Crippen molar-refractivity contribution in [1.29, 1.82) is 0 Å². The first-order chi connectivity index (χ1) is 14.0. The van der Waals surface area contributed by atoms with Crippen LogP contribution in [0.5, 0.6) is 0 Å². The van der Waals surface area contributed by atoms with E-state index in [1.807, 2.05) is 24.3 Å². The maximum absolute atomic E-state index is 13.2. The van der Waals surface area contributed by atoms with Gasteiger partial charge in [-0.1, -0.05) is 12.1 Å². The lowest BCUT2D eigenvalue weighted by atomic mass is 9.99. The number of rotatable bonds is 4. The minimum Gasteiger partial charge on any atom is -0.452 e. The van der Waals surface area contributed by atoms with E-state index in [1.54, 1.807) is 16.2 Å². The minimum absolute atomic E-state index is 0.137. The third kappa shape index (κ3) is 4.42. The summed E-state index contributed by atoms with van der Waals surface area (Å²) >= 11 is 1.63. The predicted octanol–water partition coefficient (Wildman–Crippen LogP) is 4.14. The van der Waals surface area contributed by atoms with Gasteiger partial charge in [-0.15, -0.1) is 11.3 Å². The van der Waals surface area contributed by atoms with Gasteiger partial charge in [-0.05, 0) is 37.1 Å². The zero-order valence-corrected chi connectivity index (χ0v) is 16.3. The van der Waals surface area contributed by atoms with Crippen LogP contribution in [0.25, 0.3) is 10.2 Å². The largest absolute Gasteiger partial charge is 0.452 e. The number of esters is 1. The van der Waals surface area contributed by atoms with Crippen molar-refractivity contribution in [3.63, 3.8) is 0 Å². The summed E-state index contributed by atoms with van der Waals surface area (Å²) in [4.78, 5) is 30.8. The molecule has 0 spiro atoms. The molecule has 1 aliphatic heterocycles. The second-order valence-corrected chi connectivity index (χ2v) is 8.00. The van der Waals surface area contributed by atoms with Gasteiger partial charge in [0, 0.05) is 25.1 Å². The fourth-order valence-electron chi connectivity index (χ4n) is 3.44. The standard InChI is InChI=1S/C21H18F2N2O3S/c22-15-8-14(9-16(23)10-15)21(27)28-12-19(26)25-7-3-4-13(11-25)20-24-17-5-1-2-6-18(17)29-20/h1-2,5-6,8-10,13H,3-4,7,11-12H2/t13-/m0/s1. The first-order valence-electron chi connectivity index (χ1n) is 9.26. The summed E-state index contributed by atoms with van der Waals surface area (Å²) in [7, 11) is 0. The first kappa shape index (κ1) is 19.4. The van der Waals surface area contributed by atoms with E-state index in [0.717, 1.165) is 40.2 Å². The number of nitrogens with zero attached hydrogens (tertiary/aromatic N) is 2. The highest BCUT2D eigenvalue weighted by molar-refractivity contribution is 7.18. The monoisotopic (exact) mass is 416 g/mol. The normalized spacial score (nSPS) is 16.8. The average Bonchev–Trinajstić information content (AvgIpc) is 3.15. The smallest absolute Gasteiger partial charge is 0.338 e. The molecule has 1 aromatic heterocycles. The number of thiazole rings is 1. The Kier molecular flexibility index (Phi) is 5.53. The van der Waals surface area contributed by atoms with E-state index in [4.69, 9.17) is 4.74 Å². The van der Waals surface area contributed by atoms with Crippen molar-refractivity contribution in [3.8, 4) is 0 Å². The molecule has 1 fully saturated rings. The lowest BCUT2D eigenvalue weighted by Crippen LogP contribution is -2.41. The van der Waals surface area contributed by atoms with E-state index >= 15 is 0 Å². The topological polar surface area (TPSA) is 59.5 Å². The Morgan fingerprint density at radius 1 is 1.17 bits per heavy atom. The highest BCUT2D eigenvalue weighted by Gasteiger charge is 2.27. The van der Waals surface area contributed by atoms with Crippen molar-refractivity contribution in [2.24, 2.45) is 0 Å². The molecule has 1 saturated heterocycles. The predicted molar refractivity (Wildman–Crippen MR) is 105 cm³/mol. The van der Waals surface area contributed by atoms with E-state index in [2.05, 4.69) is 4.98 Å². The van der Waals surface area contributed by atoms with Crippen LogP contribution in [0.2, 0.25) is 0 Å². The molecular weight excluding hydrogens is 398 g/mol. The maximum Gasteiger partial charge on any atom is 0.338 e. The van der Waals surface area contributed by atoms with Gasteiger partial charge in [-0.2, -0.15) is 0 Å². The Hall–Kier alpha value is -2.87. The maximum atomic E-state index is 13.2. The summed E-state index contributed by atoms with van der Waals surface area (Å²) in [6.45, 7) is 0.612. The van der Waals surface area contributed by atoms with Crippen molar-refractivity contribution in [1.82, 2.24) is 9.88 Å². The van der Waals surface area contributed by atoms with Crippen LogP contribution < -0.4 is 0 Å². The van der Waals surface area contributed by atoms with Crippen molar-refractivity contribution >= 4 is 33.4 Å². The molecule has 0 radical (unpaired) electrons. The van der Waals surface area contributed by atoms with Crippen LogP contribution in [0.4, 0.5) is 8.78 Å². The summed E-state index contributed by atoms with van der Waals surface area (Å²) < 4.78 is 32.5. The quantitative estimate of drug-likeness (QED) is 0.600. The summed E-state index contributed by atoms with van der Waals surface area (Å²) in [5.74, 6) is -2.88. The van der Waals surface area contributed by atoms with E-state index in [1.165, 1.54) is 0 Å². The highest BCUT2D eigenvalue weighted by atomic mass is 32.1. The van der Waals surface area contributed by atoms with Gasteiger partial charge in [0.25, 0.3) is 5.91 Å². The number of aromatic nitrogens is 1. The molecule has 2 heterocycles. The van der Waals surface area contributed by atoms with Gasteiger partial charge in [-0.3, -0.25) is 4.79 Å². The lowest BCUT2D eigenvalue weighted by molar-refractivity contribution is -0.135. The Labute approximate surface area is 169 Å². The van der Waals surface area contributed by atoms with Gasteiger partial charge >= 0.3 is 5.97 Å². The Bertz CT molecular complexity index is 1020. The van der Waals surface area contributed by atoms with Crippen LogP contribution in [0.15, 0.2) is 42.5 Å². The first-order valence-corrected chi connectivity index (χ1v) is 10.1. The molecule has 0 saturated carbocycles. The van der Waals surface area contributed by atoms with E-state index in [0.29, 0.717) is 19.2 Å². The van der Waals surface area contributed by atoms with Crippen LogP contribution >= 0.6 is 11.3 Å². The van der Waals surface area contributed by atoms with Gasteiger partial charge < -0.3 is 9.64 Å². The van der Waals surface area contributed by atoms with Crippen molar-refractivity contribution < 1.29 is 23.1 Å². The van der Waals surface area contributed by atoms with Crippen molar-refractivity contribution in [2.45, 2.75) is 18.8 Å². The van der Waals surface area contributed by atoms with Gasteiger partial charge in [0.1, 0.15) is 11.6 Å². The van der Waals surface area contributed by atoms with E-state index in [9.17, 15) is 18.4 Å². The number of amides is 1. The summed E-state index contributed by atoms with van der Waals surface area (Å²) in [5, 5.41) is 0.996.